The minimum atomic E-state index is -0.622. The maximum Gasteiger partial charge on any atom is 0.414 e. The first kappa shape index (κ1) is 25.1. The molecule has 0 spiro atoms. The lowest BCUT2D eigenvalue weighted by Gasteiger charge is -2.42. The SMILES string of the molecule is CC(C)(C)OC(=O)N1CCC(Sc2ccc(F)cc2)(Sc2ccc(F)cc2)c2ccc(Br)cc21. The second kappa shape index (κ2) is 9.91. The van der Waals surface area contributed by atoms with Crippen LogP contribution in [-0.4, -0.2) is 18.2 Å². The lowest BCUT2D eigenvalue weighted by molar-refractivity contribution is 0.0577. The Kier molecular flexibility index (Phi) is 7.31. The van der Waals surface area contributed by atoms with E-state index in [-0.39, 0.29) is 11.6 Å². The molecule has 34 heavy (non-hydrogen) atoms. The number of benzene rings is 3. The summed E-state index contributed by atoms with van der Waals surface area (Å²) >= 11 is 6.75. The number of hydrogen-bond acceptors (Lipinski definition) is 4. The molecule has 0 atom stereocenters. The van der Waals surface area contributed by atoms with Gasteiger partial charge >= 0.3 is 6.09 Å². The number of anilines is 1. The molecule has 0 unspecified atom stereocenters. The molecule has 3 nitrogen and oxygen atoms in total. The topological polar surface area (TPSA) is 29.5 Å². The maximum absolute atomic E-state index is 13.6. The van der Waals surface area contributed by atoms with Gasteiger partial charge in [-0.2, -0.15) is 0 Å². The predicted molar refractivity (Wildman–Crippen MR) is 139 cm³/mol. The number of nitrogens with zero attached hydrogens (tertiary/aromatic N) is 1. The van der Waals surface area contributed by atoms with Crippen LogP contribution in [-0.2, 0) is 8.82 Å². The van der Waals surface area contributed by atoms with Crippen molar-refractivity contribution in [1.29, 1.82) is 0 Å². The summed E-state index contributed by atoms with van der Waals surface area (Å²) in [5.74, 6) is -0.595. The van der Waals surface area contributed by atoms with E-state index in [1.54, 1.807) is 52.7 Å². The van der Waals surface area contributed by atoms with Gasteiger partial charge in [0.15, 0.2) is 0 Å². The van der Waals surface area contributed by atoms with Crippen LogP contribution >= 0.6 is 39.5 Å². The molecule has 0 radical (unpaired) electrons. The highest BCUT2D eigenvalue weighted by Crippen LogP contribution is 2.59. The van der Waals surface area contributed by atoms with Crippen molar-refractivity contribution in [3.8, 4) is 0 Å². The highest BCUT2D eigenvalue weighted by atomic mass is 79.9. The Morgan fingerprint density at radius 1 is 0.941 bits per heavy atom. The number of halogens is 3. The molecule has 0 N–H and O–H groups in total. The van der Waals surface area contributed by atoms with Crippen LogP contribution in [0, 0.1) is 11.6 Å². The van der Waals surface area contributed by atoms with E-state index in [1.165, 1.54) is 24.3 Å². The van der Waals surface area contributed by atoms with Crippen LogP contribution in [0.1, 0.15) is 32.8 Å². The van der Waals surface area contributed by atoms with Crippen LogP contribution in [0.5, 0.6) is 0 Å². The number of hydrogen-bond donors (Lipinski definition) is 0. The maximum atomic E-state index is 13.6. The molecule has 0 saturated carbocycles. The van der Waals surface area contributed by atoms with Gasteiger partial charge in [-0.05, 0) is 87.9 Å². The molecule has 1 aliphatic heterocycles. The first-order valence-electron chi connectivity index (χ1n) is 10.7. The fourth-order valence-electron chi connectivity index (χ4n) is 3.69. The third-order valence-electron chi connectivity index (χ3n) is 5.13. The van der Waals surface area contributed by atoms with E-state index in [2.05, 4.69) is 15.9 Å². The van der Waals surface area contributed by atoms with Crippen LogP contribution in [0.2, 0.25) is 0 Å². The monoisotopic (exact) mass is 563 g/mol. The fraction of sp³-hybridized carbons (Fsp3) is 0.269. The highest BCUT2D eigenvalue weighted by Gasteiger charge is 2.43. The first-order valence-corrected chi connectivity index (χ1v) is 13.2. The highest BCUT2D eigenvalue weighted by molar-refractivity contribution is 9.10. The van der Waals surface area contributed by atoms with Gasteiger partial charge in [0.25, 0.3) is 0 Å². The van der Waals surface area contributed by atoms with Crippen molar-refractivity contribution in [3.05, 3.63) is 88.4 Å². The van der Waals surface area contributed by atoms with Crippen molar-refractivity contribution in [2.45, 2.75) is 46.7 Å². The number of fused-ring (bicyclic) bond motifs is 1. The van der Waals surface area contributed by atoms with Gasteiger partial charge in [-0.1, -0.05) is 22.0 Å². The Morgan fingerprint density at radius 2 is 1.47 bits per heavy atom. The summed E-state index contributed by atoms with van der Waals surface area (Å²) in [6.07, 6.45) is 0.198. The second-order valence-corrected chi connectivity index (χ2v) is 12.8. The average molecular weight is 565 g/mol. The van der Waals surface area contributed by atoms with Crippen LogP contribution in [0.3, 0.4) is 0 Å². The van der Waals surface area contributed by atoms with Crippen molar-refractivity contribution in [3.63, 3.8) is 0 Å². The standard InChI is InChI=1S/C26H24BrF2NO2S2/c1-25(2,3)32-24(31)30-15-14-26(22-13-4-17(27)16-23(22)30,33-20-9-5-18(28)6-10-20)34-21-11-7-19(29)8-12-21/h4-13,16H,14-15H2,1-3H3. The minimum absolute atomic E-state index is 0.298. The summed E-state index contributed by atoms with van der Waals surface area (Å²) < 4.78 is 33.2. The van der Waals surface area contributed by atoms with Crippen molar-refractivity contribution < 1.29 is 18.3 Å². The third-order valence-corrected chi connectivity index (χ3v) is 8.65. The van der Waals surface area contributed by atoms with Crippen LogP contribution in [0.15, 0.2) is 81.0 Å². The van der Waals surface area contributed by atoms with E-state index in [4.69, 9.17) is 4.74 Å². The normalized spacial score (nSPS) is 15.1. The summed E-state index contributed by atoms with van der Waals surface area (Å²) in [6.45, 7) is 5.96. The molecule has 4 rings (SSSR count). The molecular formula is C26H24BrF2NO2S2. The Balaban J connectivity index is 1.80. The van der Waals surface area contributed by atoms with E-state index in [0.29, 0.717) is 13.0 Å². The number of ether oxygens (including phenoxy) is 1. The van der Waals surface area contributed by atoms with E-state index in [1.807, 2.05) is 39.0 Å². The van der Waals surface area contributed by atoms with Crippen molar-refractivity contribution in [2.75, 3.05) is 11.4 Å². The lowest BCUT2D eigenvalue weighted by Crippen LogP contribution is -2.43. The smallest absolute Gasteiger partial charge is 0.414 e. The molecule has 1 amide bonds. The summed E-state index contributed by atoms with van der Waals surface area (Å²) in [7, 11) is 0. The van der Waals surface area contributed by atoms with E-state index < -0.39 is 15.8 Å². The molecule has 0 aromatic heterocycles. The molecule has 0 aliphatic carbocycles. The van der Waals surface area contributed by atoms with Gasteiger partial charge in [0.05, 0.1) is 9.77 Å². The summed E-state index contributed by atoms with van der Waals surface area (Å²) in [5, 5.41) is 0. The molecule has 178 valence electrons. The van der Waals surface area contributed by atoms with Crippen molar-refractivity contribution in [1.82, 2.24) is 0 Å². The molecule has 1 heterocycles. The molecule has 0 fully saturated rings. The molecule has 1 aliphatic rings. The molecule has 0 bridgehead atoms. The lowest BCUT2D eigenvalue weighted by atomic mass is 10.0. The molecule has 0 saturated heterocycles. The third kappa shape index (κ3) is 5.78. The fourth-order valence-corrected chi connectivity index (χ4v) is 7.04. The van der Waals surface area contributed by atoms with Gasteiger partial charge in [0.1, 0.15) is 17.2 Å². The second-order valence-electron chi connectivity index (χ2n) is 8.91. The van der Waals surface area contributed by atoms with Crippen LogP contribution in [0.25, 0.3) is 0 Å². The molecule has 3 aromatic rings. The van der Waals surface area contributed by atoms with Gasteiger partial charge in [0, 0.05) is 26.4 Å². The van der Waals surface area contributed by atoms with Gasteiger partial charge in [-0.15, -0.1) is 23.5 Å². The van der Waals surface area contributed by atoms with Gasteiger partial charge in [0.2, 0.25) is 0 Å². The van der Waals surface area contributed by atoms with E-state index in [9.17, 15) is 13.6 Å². The number of amides is 1. The zero-order chi connectivity index (χ0) is 24.5. The zero-order valence-corrected chi connectivity index (χ0v) is 22.2. The summed E-state index contributed by atoms with van der Waals surface area (Å²) in [5.41, 5.74) is 1.07. The Morgan fingerprint density at radius 3 is 1.97 bits per heavy atom. The van der Waals surface area contributed by atoms with E-state index in [0.717, 1.165) is 25.5 Å². The first-order chi connectivity index (χ1) is 16.0. The van der Waals surface area contributed by atoms with Crippen LogP contribution in [0.4, 0.5) is 19.3 Å². The minimum Gasteiger partial charge on any atom is -0.443 e. The average Bonchev–Trinajstić information content (AvgIpc) is 2.76. The summed E-state index contributed by atoms with van der Waals surface area (Å²) in [6, 6.07) is 18.7. The molecule has 8 heteroatoms. The quantitative estimate of drug-likeness (QED) is 0.297. The predicted octanol–water partition coefficient (Wildman–Crippen LogP) is 8.61. The van der Waals surface area contributed by atoms with Crippen molar-refractivity contribution in [2.24, 2.45) is 0 Å². The zero-order valence-electron chi connectivity index (χ0n) is 19.0. The van der Waals surface area contributed by atoms with Crippen molar-refractivity contribution >= 4 is 51.2 Å². The number of carbonyl (C=O) groups excluding carboxylic acids is 1. The summed E-state index contributed by atoms with van der Waals surface area (Å²) in [4.78, 5) is 16.5. The van der Waals surface area contributed by atoms with Gasteiger partial charge in [-0.3, -0.25) is 4.90 Å². The Hall–Kier alpha value is -2.03. The number of rotatable bonds is 4. The van der Waals surface area contributed by atoms with Gasteiger partial charge in [-0.25, -0.2) is 13.6 Å². The number of thioether (sulfide) groups is 2. The molecule has 3 aromatic carbocycles. The van der Waals surface area contributed by atoms with Gasteiger partial charge < -0.3 is 4.74 Å². The molecular weight excluding hydrogens is 540 g/mol. The van der Waals surface area contributed by atoms with Crippen LogP contribution < -0.4 is 4.90 Å². The van der Waals surface area contributed by atoms with E-state index >= 15 is 0 Å². The Labute approximate surface area is 215 Å². The Bertz CT molecular complexity index is 1130. The number of carbonyl (C=O) groups is 1. The largest absolute Gasteiger partial charge is 0.443 e.